The Morgan fingerprint density at radius 3 is 2.50 bits per heavy atom. The zero-order chi connectivity index (χ0) is 21.3. The molecule has 0 unspecified atom stereocenters. The van der Waals surface area contributed by atoms with E-state index in [2.05, 4.69) is 10.6 Å². The molecule has 0 aromatic heterocycles. The first kappa shape index (κ1) is 20.2. The van der Waals surface area contributed by atoms with Gasteiger partial charge in [0.1, 0.15) is 11.4 Å². The quantitative estimate of drug-likeness (QED) is 0.730. The highest BCUT2D eigenvalue weighted by Gasteiger charge is 2.52. The molecule has 156 valence electrons. The minimum atomic E-state index is -0.984. The third-order valence-corrected chi connectivity index (χ3v) is 5.79. The Bertz CT molecular complexity index is 993. The molecule has 0 atom stereocenters. The van der Waals surface area contributed by atoms with Crippen molar-refractivity contribution in [2.24, 2.45) is 0 Å². The van der Waals surface area contributed by atoms with Gasteiger partial charge in [-0.05, 0) is 36.6 Å². The number of amides is 5. The molecule has 2 aliphatic heterocycles. The van der Waals surface area contributed by atoms with Crippen LogP contribution in [-0.4, -0.2) is 46.4 Å². The molecule has 0 radical (unpaired) electrons. The number of nitrogens with one attached hydrogen (secondary N) is 2. The normalized spacial score (nSPS) is 17.9. The third kappa shape index (κ3) is 3.82. The lowest BCUT2D eigenvalue weighted by Gasteiger charge is -2.37. The van der Waals surface area contributed by atoms with Crippen molar-refractivity contribution in [1.82, 2.24) is 15.1 Å². The van der Waals surface area contributed by atoms with Crippen LogP contribution < -0.4 is 10.6 Å². The van der Waals surface area contributed by atoms with E-state index in [4.69, 9.17) is 11.6 Å². The van der Waals surface area contributed by atoms with Crippen LogP contribution in [0.15, 0.2) is 48.5 Å². The molecule has 2 saturated heterocycles. The van der Waals surface area contributed by atoms with Gasteiger partial charge in [-0.1, -0.05) is 41.9 Å². The van der Waals surface area contributed by atoms with Crippen LogP contribution in [0, 0.1) is 5.82 Å². The summed E-state index contributed by atoms with van der Waals surface area (Å²) in [5.74, 6) is -0.827. The van der Waals surface area contributed by atoms with Gasteiger partial charge < -0.3 is 15.5 Å². The average Bonchev–Trinajstić information content (AvgIpc) is 2.96. The Kier molecular flexibility index (Phi) is 5.34. The van der Waals surface area contributed by atoms with Crippen molar-refractivity contribution < 1.29 is 18.8 Å². The molecular formula is C21H20ClFN4O3. The van der Waals surface area contributed by atoms with Gasteiger partial charge in [-0.25, -0.2) is 14.0 Å². The average molecular weight is 431 g/mol. The summed E-state index contributed by atoms with van der Waals surface area (Å²) in [5.41, 5.74) is 0.265. The number of carbonyl (C=O) groups is 3. The number of urea groups is 2. The largest absolute Gasteiger partial charge is 0.325 e. The number of rotatable bonds is 3. The first-order chi connectivity index (χ1) is 14.4. The molecule has 2 aromatic rings. The number of piperidine rings is 1. The highest BCUT2D eigenvalue weighted by Crippen LogP contribution is 2.31. The Hall–Kier alpha value is -3.13. The number of likely N-dealkylation sites (tertiary alicyclic amines) is 1. The molecular weight excluding hydrogens is 411 g/mol. The number of hydrogen-bond donors (Lipinski definition) is 2. The first-order valence-electron chi connectivity index (χ1n) is 9.57. The molecule has 0 saturated carbocycles. The maximum absolute atomic E-state index is 13.3. The highest BCUT2D eigenvalue weighted by atomic mass is 35.5. The predicted octanol–water partition coefficient (Wildman–Crippen LogP) is 3.60. The molecule has 2 heterocycles. The molecule has 2 aliphatic rings. The Balaban J connectivity index is 1.38. The van der Waals surface area contributed by atoms with Crippen molar-refractivity contribution in [2.75, 3.05) is 18.4 Å². The smallest absolute Gasteiger partial charge is 0.324 e. The van der Waals surface area contributed by atoms with Crippen LogP contribution in [0.4, 0.5) is 19.7 Å². The van der Waals surface area contributed by atoms with Gasteiger partial charge in [0.15, 0.2) is 0 Å². The zero-order valence-electron chi connectivity index (χ0n) is 16.0. The van der Waals surface area contributed by atoms with Crippen LogP contribution in [0.1, 0.15) is 18.4 Å². The molecule has 30 heavy (non-hydrogen) atoms. The standard InChI is InChI=1S/C21H20ClFN4O3/c22-16-12-15(6-7-17(16)23)24-19(29)26-10-8-21(9-11-26)18(28)27(20(30)25-21)13-14-4-2-1-3-5-14/h1-7,12H,8-11,13H2,(H,24,29)(H,25,30). The molecule has 2 aromatic carbocycles. The van der Waals surface area contributed by atoms with E-state index < -0.39 is 17.4 Å². The summed E-state index contributed by atoms with van der Waals surface area (Å²) in [7, 11) is 0. The lowest BCUT2D eigenvalue weighted by Crippen LogP contribution is -2.56. The van der Waals surface area contributed by atoms with Crippen molar-refractivity contribution >= 4 is 35.3 Å². The Labute approximate surface area is 177 Å². The van der Waals surface area contributed by atoms with Crippen LogP contribution in [0.2, 0.25) is 5.02 Å². The number of nitrogens with zero attached hydrogens (tertiary/aromatic N) is 2. The number of hydrogen-bond acceptors (Lipinski definition) is 3. The summed E-state index contributed by atoms with van der Waals surface area (Å²) < 4.78 is 13.3. The minimum Gasteiger partial charge on any atom is -0.324 e. The predicted molar refractivity (Wildman–Crippen MR) is 109 cm³/mol. The maximum atomic E-state index is 13.3. The van der Waals surface area contributed by atoms with Gasteiger partial charge >= 0.3 is 12.1 Å². The van der Waals surface area contributed by atoms with Gasteiger partial charge in [-0.3, -0.25) is 9.69 Å². The van der Waals surface area contributed by atoms with E-state index in [9.17, 15) is 18.8 Å². The van der Waals surface area contributed by atoms with Gasteiger partial charge in [-0.15, -0.1) is 0 Å². The summed E-state index contributed by atoms with van der Waals surface area (Å²) in [6, 6.07) is 12.5. The molecule has 1 spiro atoms. The van der Waals surface area contributed by atoms with Crippen molar-refractivity contribution in [3.8, 4) is 0 Å². The molecule has 0 aliphatic carbocycles. The summed E-state index contributed by atoms with van der Waals surface area (Å²) in [4.78, 5) is 40.7. The van der Waals surface area contributed by atoms with Crippen molar-refractivity contribution in [3.05, 3.63) is 64.9 Å². The second-order valence-corrected chi connectivity index (χ2v) is 7.84. The lowest BCUT2D eigenvalue weighted by atomic mass is 9.87. The van der Waals surface area contributed by atoms with Crippen LogP contribution in [0.5, 0.6) is 0 Å². The van der Waals surface area contributed by atoms with Crippen molar-refractivity contribution in [1.29, 1.82) is 0 Å². The molecule has 2 fully saturated rings. The molecule has 0 bridgehead atoms. The van der Waals surface area contributed by atoms with E-state index in [0.717, 1.165) is 5.56 Å². The fourth-order valence-electron chi connectivity index (χ4n) is 3.79. The van der Waals surface area contributed by atoms with Gasteiger partial charge in [0.05, 0.1) is 11.6 Å². The maximum Gasteiger partial charge on any atom is 0.325 e. The first-order valence-corrected chi connectivity index (χ1v) is 9.95. The molecule has 9 heteroatoms. The van der Waals surface area contributed by atoms with Gasteiger partial charge in [0.2, 0.25) is 0 Å². The second-order valence-electron chi connectivity index (χ2n) is 7.44. The number of imide groups is 1. The van der Waals surface area contributed by atoms with Crippen molar-refractivity contribution in [3.63, 3.8) is 0 Å². The van der Waals surface area contributed by atoms with Crippen LogP contribution in [0.3, 0.4) is 0 Å². The number of carbonyl (C=O) groups excluding carboxylic acids is 3. The Morgan fingerprint density at radius 1 is 1.13 bits per heavy atom. The molecule has 2 N–H and O–H groups in total. The number of benzene rings is 2. The van der Waals surface area contributed by atoms with Gasteiger partial charge in [0.25, 0.3) is 5.91 Å². The fourth-order valence-corrected chi connectivity index (χ4v) is 3.97. The SMILES string of the molecule is O=C(Nc1ccc(F)c(Cl)c1)N1CCC2(CC1)NC(=O)N(Cc1ccccc1)C2=O. The highest BCUT2D eigenvalue weighted by molar-refractivity contribution is 6.31. The molecule has 4 rings (SSSR count). The topological polar surface area (TPSA) is 81.8 Å². The summed E-state index contributed by atoms with van der Waals surface area (Å²) in [6.07, 6.45) is 0.640. The molecule has 5 amide bonds. The lowest BCUT2D eigenvalue weighted by molar-refractivity contribution is -0.133. The zero-order valence-corrected chi connectivity index (χ0v) is 16.8. The van der Waals surface area contributed by atoms with E-state index >= 15 is 0 Å². The van der Waals surface area contributed by atoms with Crippen LogP contribution in [0.25, 0.3) is 0 Å². The van der Waals surface area contributed by atoms with Crippen LogP contribution in [-0.2, 0) is 11.3 Å². The second kappa shape index (κ2) is 7.95. The van der Waals surface area contributed by atoms with E-state index in [-0.39, 0.29) is 23.5 Å². The summed E-state index contributed by atoms with van der Waals surface area (Å²) >= 11 is 5.74. The van der Waals surface area contributed by atoms with Crippen molar-refractivity contribution in [2.45, 2.75) is 24.9 Å². The van der Waals surface area contributed by atoms with E-state index in [1.807, 2.05) is 30.3 Å². The number of anilines is 1. The summed E-state index contributed by atoms with van der Waals surface area (Å²) in [5, 5.41) is 5.43. The van der Waals surface area contributed by atoms with Crippen LogP contribution >= 0.6 is 11.6 Å². The molecule has 7 nitrogen and oxygen atoms in total. The van der Waals surface area contributed by atoms with E-state index in [1.54, 1.807) is 4.90 Å². The summed E-state index contributed by atoms with van der Waals surface area (Å²) in [6.45, 7) is 0.806. The van der Waals surface area contributed by atoms with E-state index in [1.165, 1.54) is 23.1 Å². The Morgan fingerprint density at radius 2 is 1.83 bits per heavy atom. The minimum absolute atomic E-state index is 0.0804. The fraction of sp³-hybridized carbons (Fsp3) is 0.286. The monoisotopic (exact) mass is 430 g/mol. The number of halogens is 2. The van der Waals surface area contributed by atoms with Gasteiger partial charge in [0, 0.05) is 18.8 Å². The third-order valence-electron chi connectivity index (χ3n) is 5.50. The van der Waals surface area contributed by atoms with Gasteiger partial charge in [-0.2, -0.15) is 0 Å². The van der Waals surface area contributed by atoms with E-state index in [0.29, 0.717) is 31.6 Å².